The molecular weight excluding hydrogens is 328 g/mol. The molecule has 0 aliphatic heterocycles. The van der Waals surface area contributed by atoms with E-state index in [0.717, 1.165) is 10.9 Å². The highest BCUT2D eigenvalue weighted by Gasteiger charge is 2.55. The van der Waals surface area contributed by atoms with Crippen LogP contribution in [0.1, 0.15) is 43.2 Å². The number of aryl methyl sites for hydroxylation is 1. The van der Waals surface area contributed by atoms with E-state index in [9.17, 15) is 19.6 Å². The Morgan fingerprint density at radius 3 is 2.46 bits per heavy atom. The maximum Gasteiger partial charge on any atom is 0.189 e. The number of H-pyrrole nitrogens is 1. The third-order valence-electron chi connectivity index (χ3n) is 5.92. The molecule has 5 nitrogen and oxygen atoms in total. The first-order valence-electron chi connectivity index (χ1n) is 8.75. The van der Waals surface area contributed by atoms with Crippen molar-refractivity contribution in [2.75, 3.05) is 0 Å². The first kappa shape index (κ1) is 18.1. The predicted octanol–water partition coefficient (Wildman–Crippen LogP) is 3.62. The van der Waals surface area contributed by atoms with E-state index in [4.69, 9.17) is 0 Å². The van der Waals surface area contributed by atoms with Crippen LogP contribution >= 0.6 is 0 Å². The lowest BCUT2D eigenvalue weighted by Crippen LogP contribution is -2.53. The molecule has 0 bridgehead atoms. The third kappa shape index (κ3) is 2.57. The van der Waals surface area contributed by atoms with Crippen molar-refractivity contribution in [1.29, 1.82) is 5.26 Å². The van der Waals surface area contributed by atoms with Crippen LogP contribution in [0.25, 0.3) is 10.9 Å². The van der Waals surface area contributed by atoms with E-state index in [-0.39, 0.29) is 17.5 Å². The summed E-state index contributed by atoms with van der Waals surface area (Å²) in [5, 5.41) is 10.3. The molecule has 1 aromatic heterocycles. The lowest BCUT2D eigenvalue weighted by molar-refractivity contribution is -0.147. The first-order valence-corrected chi connectivity index (χ1v) is 8.75. The quantitative estimate of drug-likeness (QED) is 0.658. The number of fused-ring (bicyclic) bond motifs is 1. The van der Waals surface area contributed by atoms with Crippen LogP contribution in [0.3, 0.4) is 0 Å². The molecule has 0 unspecified atom stereocenters. The van der Waals surface area contributed by atoms with E-state index < -0.39 is 23.0 Å². The number of carbonyl (C=O) groups is 3. The van der Waals surface area contributed by atoms with Crippen molar-refractivity contribution in [3.8, 4) is 6.07 Å². The average molecular weight is 350 g/mol. The molecule has 1 N–H and O–H groups in total. The van der Waals surface area contributed by atoms with Crippen LogP contribution < -0.4 is 0 Å². The summed E-state index contributed by atoms with van der Waals surface area (Å²) in [6, 6.07) is 9.26. The summed E-state index contributed by atoms with van der Waals surface area (Å²) in [7, 11) is 0. The Balaban J connectivity index is 1.93. The summed E-state index contributed by atoms with van der Waals surface area (Å²) in [5.41, 5.74) is 1.34. The van der Waals surface area contributed by atoms with Gasteiger partial charge in [-0.2, -0.15) is 5.26 Å². The van der Waals surface area contributed by atoms with Crippen molar-refractivity contribution >= 4 is 28.3 Å². The van der Waals surface area contributed by atoms with Crippen LogP contribution in [0.4, 0.5) is 0 Å². The predicted molar refractivity (Wildman–Crippen MR) is 97.5 cm³/mol. The second kappa shape index (κ2) is 6.21. The van der Waals surface area contributed by atoms with E-state index in [0.29, 0.717) is 17.7 Å². The Kier molecular flexibility index (Phi) is 4.31. The molecule has 1 aliphatic rings. The average Bonchev–Trinajstić information content (AvgIpc) is 2.89. The highest BCUT2D eigenvalue weighted by atomic mass is 16.2. The number of ketones is 3. The Bertz CT molecular complexity index is 961. The fourth-order valence-corrected chi connectivity index (χ4v) is 4.29. The molecule has 0 amide bonds. The number of nitriles is 1. The van der Waals surface area contributed by atoms with Crippen LogP contribution in [0.2, 0.25) is 0 Å². The van der Waals surface area contributed by atoms with Gasteiger partial charge in [0.2, 0.25) is 0 Å². The van der Waals surface area contributed by atoms with Gasteiger partial charge in [-0.25, -0.2) is 0 Å². The fourth-order valence-electron chi connectivity index (χ4n) is 4.29. The molecule has 3 rings (SSSR count). The number of nitrogens with zero attached hydrogens (tertiary/aromatic N) is 1. The number of para-hydroxylation sites is 1. The second-order valence-electron chi connectivity index (χ2n) is 7.77. The number of rotatable bonds is 5. The summed E-state index contributed by atoms with van der Waals surface area (Å²) in [5.74, 6) is -2.77. The Morgan fingerprint density at radius 1 is 1.23 bits per heavy atom. The zero-order valence-corrected chi connectivity index (χ0v) is 15.4. The number of aromatic nitrogens is 1. The van der Waals surface area contributed by atoms with Crippen molar-refractivity contribution in [2.24, 2.45) is 23.2 Å². The normalized spacial score (nSPS) is 22.3. The first-order chi connectivity index (χ1) is 12.2. The lowest BCUT2D eigenvalue weighted by atomic mass is 9.51. The SMILES string of the molecule is CC(=O)[C@@H]1C[C@H](C(=O)[C@@H](C#N)C(=O)c2c(C)[nH]c3ccccc23)C1(C)C. The largest absolute Gasteiger partial charge is 0.358 e. The van der Waals surface area contributed by atoms with Gasteiger partial charge in [0.1, 0.15) is 5.78 Å². The maximum atomic E-state index is 13.1. The number of hydrogen-bond acceptors (Lipinski definition) is 4. The summed E-state index contributed by atoms with van der Waals surface area (Å²) < 4.78 is 0. The molecular formula is C21H22N2O3. The fraction of sp³-hybridized carbons (Fsp3) is 0.429. The molecule has 26 heavy (non-hydrogen) atoms. The molecule has 5 heteroatoms. The van der Waals surface area contributed by atoms with Gasteiger partial charge in [0, 0.05) is 34.0 Å². The van der Waals surface area contributed by atoms with Crippen molar-refractivity contribution in [3.63, 3.8) is 0 Å². The van der Waals surface area contributed by atoms with Crippen LogP contribution in [-0.2, 0) is 9.59 Å². The molecule has 2 aromatic rings. The minimum absolute atomic E-state index is 0.0476. The Morgan fingerprint density at radius 2 is 1.88 bits per heavy atom. The van der Waals surface area contributed by atoms with Crippen molar-refractivity contribution in [2.45, 2.75) is 34.1 Å². The zero-order chi connectivity index (χ0) is 19.2. The number of benzene rings is 1. The molecule has 1 saturated carbocycles. The van der Waals surface area contributed by atoms with Gasteiger partial charge in [0.15, 0.2) is 17.5 Å². The van der Waals surface area contributed by atoms with Crippen LogP contribution in [0, 0.1) is 41.4 Å². The minimum Gasteiger partial charge on any atom is -0.358 e. The smallest absolute Gasteiger partial charge is 0.189 e. The highest BCUT2D eigenvalue weighted by Crippen LogP contribution is 2.53. The molecule has 1 aromatic carbocycles. The Hall–Kier alpha value is -2.74. The van der Waals surface area contributed by atoms with E-state index in [1.165, 1.54) is 6.92 Å². The van der Waals surface area contributed by atoms with Gasteiger partial charge < -0.3 is 4.98 Å². The minimum atomic E-state index is -1.34. The van der Waals surface area contributed by atoms with Crippen LogP contribution in [-0.4, -0.2) is 22.3 Å². The van der Waals surface area contributed by atoms with Gasteiger partial charge in [-0.15, -0.1) is 0 Å². The summed E-state index contributed by atoms with van der Waals surface area (Å²) in [4.78, 5) is 40.9. The Labute approximate surface area is 152 Å². The van der Waals surface area contributed by atoms with Crippen LogP contribution in [0.5, 0.6) is 0 Å². The molecule has 0 saturated heterocycles. The monoisotopic (exact) mass is 350 g/mol. The molecule has 0 radical (unpaired) electrons. The van der Waals surface area contributed by atoms with Gasteiger partial charge >= 0.3 is 0 Å². The number of Topliss-reactive ketones (excluding diaryl/α,β-unsaturated/α-hetero) is 3. The van der Waals surface area contributed by atoms with Crippen molar-refractivity contribution in [1.82, 2.24) is 4.98 Å². The van der Waals surface area contributed by atoms with E-state index in [1.54, 1.807) is 6.92 Å². The molecule has 1 fully saturated rings. The summed E-state index contributed by atoms with van der Waals surface area (Å²) >= 11 is 0. The van der Waals surface area contributed by atoms with Crippen molar-refractivity contribution in [3.05, 3.63) is 35.5 Å². The van der Waals surface area contributed by atoms with Crippen molar-refractivity contribution < 1.29 is 14.4 Å². The van der Waals surface area contributed by atoms with Gasteiger partial charge in [0.05, 0.1) is 6.07 Å². The van der Waals surface area contributed by atoms with Crippen LogP contribution in [0.15, 0.2) is 24.3 Å². The number of aromatic amines is 1. The van der Waals surface area contributed by atoms with Gasteiger partial charge in [-0.3, -0.25) is 14.4 Å². The molecule has 134 valence electrons. The standard InChI is InChI=1S/C21H22N2O3/c1-11-18(13-7-5-6-8-17(13)23-11)20(26)14(10-22)19(25)16-9-15(12(2)24)21(16,3)4/h5-8,14-16,23H,9H2,1-4H3/t14-,15+,16-/m1/s1. The third-order valence-corrected chi connectivity index (χ3v) is 5.92. The van der Waals surface area contributed by atoms with E-state index in [1.807, 2.05) is 44.2 Å². The van der Waals surface area contributed by atoms with E-state index >= 15 is 0 Å². The number of nitrogens with one attached hydrogen (secondary N) is 1. The number of hydrogen-bond donors (Lipinski definition) is 1. The summed E-state index contributed by atoms with van der Waals surface area (Å²) in [6.07, 6.45) is 0.416. The van der Waals surface area contributed by atoms with Gasteiger partial charge in [-0.05, 0) is 31.7 Å². The lowest BCUT2D eigenvalue weighted by Gasteiger charge is -2.50. The zero-order valence-electron chi connectivity index (χ0n) is 15.4. The summed E-state index contributed by atoms with van der Waals surface area (Å²) in [6.45, 7) is 7.02. The molecule has 1 heterocycles. The topological polar surface area (TPSA) is 90.8 Å². The molecule has 0 spiro atoms. The van der Waals surface area contributed by atoms with E-state index in [2.05, 4.69) is 4.98 Å². The maximum absolute atomic E-state index is 13.1. The van der Waals surface area contributed by atoms with Gasteiger partial charge in [-0.1, -0.05) is 32.0 Å². The number of carbonyl (C=O) groups excluding carboxylic acids is 3. The molecule has 3 atom stereocenters. The highest BCUT2D eigenvalue weighted by molar-refractivity contribution is 6.19. The second-order valence-corrected chi connectivity index (χ2v) is 7.77. The molecule has 1 aliphatic carbocycles. The van der Waals surface area contributed by atoms with Gasteiger partial charge in [0.25, 0.3) is 0 Å².